The molecule has 4 nitrogen and oxygen atoms in total. The maximum atomic E-state index is 11.4. The molecule has 0 aromatic carbocycles. The molecule has 0 aromatic rings. The van der Waals surface area contributed by atoms with Gasteiger partial charge in [-0.2, -0.15) is 8.42 Å². The van der Waals surface area contributed by atoms with Gasteiger partial charge in [-0.05, 0) is 19.3 Å². The minimum atomic E-state index is -3.49. The zero-order valence-electron chi connectivity index (χ0n) is 7.89. The molecule has 0 aliphatic heterocycles. The third kappa shape index (κ3) is 1.82. The Labute approximate surface area is 83.1 Å². The van der Waals surface area contributed by atoms with E-state index >= 15 is 0 Å². The van der Waals surface area contributed by atoms with Gasteiger partial charge in [0.2, 0.25) is 0 Å². The molecule has 0 spiro atoms. The van der Waals surface area contributed by atoms with Crippen LogP contribution in [0.15, 0.2) is 11.8 Å². The monoisotopic (exact) mass is 216 g/mol. The molecule has 2 unspecified atom stereocenters. The second-order valence-corrected chi connectivity index (χ2v) is 5.52. The van der Waals surface area contributed by atoms with Gasteiger partial charge in [-0.15, -0.1) is 0 Å². The van der Waals surface area contributed by atoms with E-state index in [-0.39, 0.29) is 17.6 Å². The van der Waals surface area contributed by atoms with E-state index in [0.29, 0.717) is 5.76 Å². The molecular formula is C9H12O4S. The summed E-state index contributed by atoms with van der Waals surface area (Å²) in [6, 6.07) is 0. The average Bonchev–Trinajstić information content (AvgIpc) is 2.42. The fraction of sp³-hybridized carbons (Fsp3) is 0.667. The zero-order valence-corrected chi connectivity index (χ0v) is 8.71. The van der Waals surface area contributed by atoms with Gasteiger partial charge in [0.15, 0.2) is 5.78 Å². The highest BCUT2D eigenvalue weighted by Crippen LogP contribution is 2.41. The Morgan fingerprint density at radius 2 is 2.00 bits per heavy atom. The van der Waals surface area contributed by atoms with E-state index in [1.54, 1.807) is 0 Å². The Kier molecular flexibility index (Phi) is 2.14. The van der Waals surface area contributed by atoms with Gasteiger partial charge < -0.3 is 4.18 Å². The highest BCUT2D eigenvalue weighted by molar-refractivity contribution is 7.86. The lowest BCUT2D eigenvalue weighted by atomic mass is 9.93. The first kappa shape index (κ1) is 9.71. The number of fused-ring (bicyclic) bond motifs is 2. The maximum Gasteiger partial charge on any atom is 0.305 e. The van der Waals surface area contributed by atoms with Crippen LogP contribution in [0.25, 0.3) is 0 Å². The normalized spacial score (nSPS) is 31.5. The van der Waals surface area contributed by atoms with Gasteiger partial charge >= 0.3 is 10.1 Å². The molecule has 78 valence electrons. The fourth-order valence-electron chi connectivity index (χ4n) is 2.14. The molecule has 0 N–H and O–H groups in total. The molecule has 2 bridgehead atoms. The Morgan fingerprint density at radius 1 is 1.36 bits per heavy atom. The number of hydrogen-bond acceptors (Lipinski definition) is 4. The third-order valence-corrected chi connectivity index (χ3v) is 3.26. The number of allylic oxidation sites excluding steroid dienone is 2. The molecule has 2 rings (SSSR count). The summed E-state index contributed by atoms with van der Waals surface area (Å²) in [7, 11) is -3.49. The van der Waals surface area contributed by atoms with Gasteiger partial charge in [0.25, 0.3) is 0 Å². The van der Waals surface area contributed by atoms with Crippen molar-refractivity contribution in [1.29, 1.82) is 0 Å². The Balaban J connectivity index is 2.23. The standard InChI is InChI=1S/C9H12O4S/c1-14(11,12)13-9-5-8(10)6-2-3-7(9)4-6/h5-7H,2-4H2,1H3. The summed E-state index contributed by atoms with van der Waals surface area (Å²) in [6.45, 7) is 0. The van der Waals surface area contributed by atoms with Crippen LogP contribution in [0.1, 0.15) is 19.3 Å². The lowest BCUT2D eigenvalue weighted by molar-refractivity contribution is -0.118. The maximum absolute atomic E-state index is 11.4. The molecule has 14 heavy (non-hydrogen) atoms. The molecule has 0 heterocycles. The average molecular weight is 216 g/mol. The molecule has 0 saturated heterocycles. The number of rotatable bonds is 2. The predicted molar refractivity (Wildman–Crippen MR) is 49.8 cm³/mol. The highest BCUT2D eigenvalue weighted by Gasteiger charge is 2.37. The van der Waals surface area contributed by atoms with Gasteiger partial charge in [0.05, 0.1) is 6.26 Å². The fourth-order valence-corrected chi connectivity index (χ4v) is 2.67. The Morgan fingerprint density at radius 3 is 2.64 bits per heavy atom. The van der Waals surface area contributed by atoms with Crippen LogP contribution in [0.5, 0.6) is 0 Å². The molecule has 2 aliphatic carbocycles. The molecule has 1 fully saturated rings. The van der Waals surface area contributed by atoms with E-state index in [1.807, 2.05) is 0 Å². The van der Waals surface area contributed by atoms with Crippen molar-refractivity contribution in [3.63, 3.8) is 0 Å². The molecular weight excluding hydrogens is 204 g/mol. The summed E-state index contributed by atoms with van der Waals surface area (Å²) in [5.74, 6) is 0.586. The number of hydrogen-bond donors (Lipinski definition) is 0. The van der Waals surface area contributed by atoms with Crippen LogP contribution in [0, 0.1) is 11.8 Å². The summed E-state index contributed by atoms with van der Waals surface area (Å²) >= 11 is 0. The Hall–Kier alpha value is -0.840. The largest absolute Gasteiger partial charge is 0.387 e. The van der Waals surface area contributed by atoms with Crippen molar-refractivity contribution in [3.05, 3.63) is 11.8 Å². The number of carbonyl (C=O) groups is 1. The van der Waals surface area contributed by atoms with Crippen LogP contribution in [0.3, 0.4) is 0 Å². The van der Waals surface area contributed by atoms with E-state index in [4.69, 9.17) is 4.18 Å². The Bertz CT molecular complexity index is 393. The first-order chi connectivity index (χ1) is 6.46. The molecule has 5 heteroatoms. The van der Waals surface area contributed by atoms with Gasteiger partial charge in [-0.3, -0.25) is 4.79 Å². The van der Waals surface area contributed by atoms with E-state index in [1.165, 1.54) is 6.08 Å². The van der Waals surface area contributed by atoms with E-state index in [2.05, 4.69) is 0 Å². The van der Waals surface area contributed by atoms with Gasteiger partial charge in [0.1, 0.15) is 5.76 Å². The molecule has 0 amide bonds. The van der Waals surface area contributed by atoms with E-state index < -0.39 is 10.1 Å². The van der Waals surface area contributed by atoms with E-state index in [0.717, 1.165) is 25.5 Å². The van der Waals surface area contributed by atoms with Crippen LogP contribution < -0.4 is 0 Å². The van der Waals surface area contributed by atoms with Crippen LogP contribution in [0.2, 0.25) is 0 Å². The molecule has 1 saturated carbocycles. The summed E-state index contributed by atoms with van der Waals surface area (Å²) in [6.07, 6.45) is 4.82. The molecule has 0 radical (unpaired) electrons. The predicted octanol–water partition coefficient (Wildman–Crippen LogP) is 0.846. The number of carbonyl (C=O) groups excluding carboxylic acids is 1. The molecule has 2 atom stereocenters. The van der Waals surface area contributed by atoms with Crippen molar-refractivity contribution in [1.82, 2.24) is 0 Å². The van der Waals surface area contributed by atoms with Crippen LogP contribution in [-0.4, -0.2) is 20.5 Å². The topological polar surface area (TPSA) is 60.4 Å². The SMILES string of the molecule is CS(=O)(=O)OC1=CC(=O)C2CCC1C2. The van der Waals surface area contributed by atoms with Crippen LogP contribution in [-0.2, 0) is 19.1 Å². The van der Waals surface area contributed by atoms with Gasteiger partial charge in [-0.25, -0.2) is 0 Å². The zero-order chi connectivity index (χ0) is 10.3. The van der Waals surface area contributed by atoms with Crippen molar-refractivity contribution in [3.8, 4) is 0 Å². The number of ketones is 1. The quantitative estimate of drug-likeness (QED) is 0.642. The van der Waals surface area contributed by atoms with Crippen molar-refractivity contribution in [2.45, 2.75) is 19.3 Å². The second-order valence-electron chi connectivity index (χ2n) is 3.94. The second kappa shape index (κ2) is 3.08. The first-order valence-electron chi connectivity index (χ1n) is 4.60. The first-order valence-corrected chi connectivity index (χ1v) is 6.42. The minimum absolute atomic E-state index is 0.0115. The van der Waals surface area contributed by atoms with Crippen molar-refractivity contribution >= 4 is 15.9 Å². The summed E-state index contributed by atoms with van der Waals surface area (Å²) in [5.41, 5.74) is 0. The van der Waals surface area contributed by atoms with Crippen LogP contribution in [0.4, 0.5) is 0 Å². The van der Waals surface area contributed by atoms with E-state index in [9.17, 15) is 13.2 Å². The summed E-state index contributed by atoms with van der Waals surface area (Å²) < 4.78 is 26.6. The highest BCUT2D eigenvalue weighted by atomic mass is 32.2. The minimum Gasteiger partial charge on any atom is -0.387 e. The van der Waals surface area contributed by atoms with Crippen molar-refractivity contribution in [2.75, 3.05) is 6.26 Å². The lowest BCUT2D eigenvalue weighted by Crippen LogP contribution is -2.18. The summed E-state index contributed by atoms with van der Waals surface area (Å²) in [5, 5.41) is 0. The molecule has 2 aliphatic rings. The lowest BCUT2D eigenvalue weighted by Gasteiger charge is -2.18. The summed E-state index contributed by atoms with van der Waals surface area (Å²) in [4.78, 5) is 11.4. The van der Waals surface area contributed by atoms with Crippen molar-refractivity contribution < 1.29 is 17.4 Å². The van der Waals surface area contributed by atoms with Crippen LogP contribution >= 0.6 is 0 Å². The van der Waals surface area contributed by atoms with Crippen molar-refractivity contribution in [2.24, 2.45) is 11.8 Å². The smallest absolute Gasteiger partial charge is 0.305 e. The molecule has 0 aromatic heterocycles. The third-order valence-electron chi connectivity index (χ3n) is 2.77. The van der Waals surface area contributed by atoms with Gasteiger partial charge in [-0.1, -0.05) is 0 Å². The van der Waals surface area contributed by atoms with Gasteiger partial charge in [0, 0.05) is 17.9 Å².